The lowest BCUT2D eigenvalue weighted by atomic mass is 10.1. The molecule has 3 aromatic heterocycles. The number of hydrogen-bond acceptors (Lipinski definition) is 6. The Balaban J connectivity index is 1.55. The van der Waals surface area contributed by atoms with Crippen molar-refractivity contribution in [3.8, 4) is 45.6 Å². The molecule has 0 saturated heterocycles. The molecule has 5 heterocycles. The van der Waals surface area contributed by atoms with Gasteiger partial charge in [-0.2, -0.15) is 0 Å². The molecule has 0 unspecified atom stereocenters. The van der Waals surface area contributed by atoms with E-state index in [4.69, 9.17) is 29.9 Å². The Kier molecular flexibility index (Phi) is 6.46. The van der Waals surface area contributed by atoms with Crippen LogP contribution in [0.2, 0.25) is 0 Å². The molecular weight excluding hydrogens is 1000 g/mol. The standard InChI is InChI=1S/C32H14I4N8/c33-21-13-20-22(24(35)23(21)34)30-40-26-15-8-2-4-10-17(15)28(38-26)43-32-19-12-6-5-11-18(19)31(44(32)36)42-27-16-9-3-1-7-14(16)25(37-27)39-29(20)41-30/h1-13H,(H,37,38,39,40,41,42,43). The molecule has 44 heavy (non-hydrogen) atoms. The van der Waals surface area contributed by atoms with Crippen molar-refractivity contribution in [2.24, 2.45) is 0 Å². The maximum absolute atomic E-state index is 5.17. The van der Waals surface area contributed by atoms with Crippen molar-refractivity contribution >= 4 is 135 Å². The van der Waals surface area contributed by atoms with Crippen molar-refractivity contribution in [1.29, 1.82) is 0 Å². The van der Waals surface area contributed by atoms with Gasteiger partial charge in [0.15, 0.2) is 34.6 Å². The fourth-order valence-corrected chi connectivity index (χ4v) is 8.86. The average molecular weight is 1020 g/mol. The Labute approximate surface area is 304 Å². The molecule has 9 rings (SSSR count). The number of hydrogen-bond donors (Lipinski definition) is 1. The smallest absolute Gasteiger partial charge is 0.164 e. The summed E-state index contributed by atoms with van der Waals surface area (Å²) < 4.78 is 5.42. The van der Waals surface area contributed by atoms with Gasteiger partial charge >= 0.3 is 0 Å². The minimum atomic E-state index is 0.602. The van der Waals surface area contributed by atoms with Gasteiger partial charge in [-0.15, -0.1) is 0 Å². The largest absolute Gasteiger partial charge is 0.324 e. The summed E-state index contributed by atoms with van der Waals surface area (Å²) in [5.74, 6) is 2.42. The second-order valence-electron chi connectivity index (χ2n) is 10.3. The molecule has 210 valence electrons. The molecule has 4 aromatic carbocycles. The Bertz CT molecular complexity index is 2570. The monoisotopic (exact) mass is 1020 g/mol. The minimum Gasteiger partial charge on any atom is -0.324 e. The third-order valence-corrected chi connectivity index (χ3v) is 13.8. The average Bonchev–Trinajstić information content (AvgIpc) is 3.74. The van der Waals surface area contributed by atoms with Crippen LogP contribution in [0.4, 0.5) is 0 Å². The summed E-state index contributed by atoms with van der Waals surface area (Å²) in [6, 6.07) is 26.6. The van der Waals surface area contributed by atoms with Gasteiger partial charge in [-0.1, -0.05) is 72.8 Å². The van der Waals surface area contributed by atoms with Crippen molar-refractivity contribution in [2.75, 3.05) is 0 Å². The highest BCUT2D eigenvalue weighted by Crippen LogP contribution is 2.39. The van der Waals surface area contributed by atoms with Gasteiger partial charge < -0.3 is 4.98 Å². The predicted molar refractivity (Wildman–Crippen MR) is 207 cm³/mol. The van der Waals surface area contributed by atoms with Crippen molar-refractivity contribution < 1.29 is 0 Å². The van der Waals surface area contributed by atoms with Gasteiger partial charge in [0.2, 0.25) is 0 Å². The van der Waals surface area contributed by atoms with Crippen molar-refractivity contribution in [2.45, 2.75) is 0 Å². The maximum atomic E-state index is 5.17. The molecule has 1 N–H and O–H groups in total. The lowest BCUT2D eigenvalue weighted by Crippen LogP contribution is -1.88. The van der Waals surface area contributed by atoms with E-state index in [1.165, 1.54) is 3.57 Å². The second-order valence-corrected chi connectivity index (χ2v) is 14.5. The summed E-state index contributed by atoms with van der Waals surface area (Å²) in [6.45, 7) is 0. The lowest BCUT2D eigenvalue weighted by molar-refractivity contribution is 1.18. The Morgan fingerprint density at radius 3 is 1.48 bits per heavy atom. The van der Waals surface area contributed by atoms with Gasteiger partial charge in [-0.25, -0.2) is 32.7 Å². The van der Waals surface area contributed by atoms with Crippen LogP contribution in [0.5, 0.6) is 0 Å². The van der Waals surface area contributed by atoms with E-state index in [2.05, 4.69) is 114 Å². The zero-order valence-corrected chi connectivity index (χ0v) is 30.8. The Hall–Kier alpha value is -2.84. The van der Waals surface area contributed by atoms with Crippen LogP contribution in [0.15, 0.2) is 78.9 Å². The number of H-pyrrole nitrogens is 1. The maximum Gasteiger partial charge on any atom is 0.164 e. The number of aromatic nitrogens is 8. The topological polar surface area (TPSA) is 98.1 Å². The van der Waals surface area contributed by atoms with Crippen LogP contribution in [0.25, 0.3) is 89.7 Å². The van der Waals surface area contributed by atoms with E-state index in [9.17, 15) is 0 Å². The zero-order valence-electron chi connectivity index (χ0n) is 22.1. The molecule has 2 aliphatic rings. The highest BCUT2D eigenvalue weighted by molar-refractivity contribution is 14.1. The lowest BCUT2D eigenvalue weighted by Gasteiger charge is -2.02. The van der Waals surface area contributed by atoms with Crippen LogP contribution in [-0.2, 0) is 0 Å². The van der Waals surface area contributed by atoms with Crippen LogP contribution >= 0.6 is 90.6 Å². The van der Waals surface area contributed by atoms with E-state index in [1.54, 1.807) is 0 Å². The summed E-state index contributed by atoms with van der Waals surface area (Å²) in [5, 5.41) is 3.94. The number of rotatable bonds is 0. The van der Waals surface area contributed by atoms with Gasteiger partial charge in [0.1, 0.15) is 11.3 Å². The molecule has 8 nitrogen and oxygen atoms in total. The fourth-order valence-electron chi connectivity index (χ4n) is 5.76. The predicted octanol–water partition coefficient (Wildman–Crippen LogP) is 9.35. The first-order valence-electron chi connectivity index (χ1n) is 13.4. The molecule has 2 aliphatic heterocycles. The first-order chi connectivity index (χ1) is 21.5. The van der Waals surface area contributed by atoms with Crippen molar-refractivity contribution in [3.05, 3.63) is 89.6 Å². The fraction of sp³-hybridized carbons (Fsp3) is 0. The Morgan fingerprint density at radius 1 is 0.500 bits per heavy atom. The van der Waals surface area contributed by atoms with Crippen LogP contribution < -0.4 is 0 Å². The summed E-state index contributed by atoms with van der Waals surface area (Å²) in [4.78, 5) is 34.2. The second kappa shape index (κ2) is 10.3. The van der Waals surface area contributed by atoms with Crippen LogP contribution in [0.1, 0.15) is 0 Å². The van der Waals surface area contributed by atoms with Crippen LogP contribution in [-0.4, -0.2) is 37.7 Å². The van der Waals surface area contributed by atoms with E-state index in [-0.39, 0.29) is 0 Å². The number of fused-ring (bicyclic) bond motifs is 20. The number of aromatic amines is 1. The molecular formula is C32H14I4N8. The molecule has 8 bridgehead atoms. The number of halogens is 4. The van der Waals surface area contributed by atoms with Gasteiger partial charge in [0.05, 0.1) is 22.9 Å². The molecule has 0 saturated carbocycles. The molecule has 0 spiro atoms. The van der Waals surface area contributed by atoms with E-state index in [0.717, 1.165) is 62.2 Å². The highest BCUT2D eigenvalue weighted by atomic mass is 127. The quantitative estimate of drug-likeness (QED) is 0.120. The summed E-state index contributed by atoms with van der Waals surface area (Å²) in [5.41, 5.74) is 6.64. The third kappa shape index (κ3) is 4.08. The normalized spacial score (nSPS) is 12.1. The van der Waals surface area contributed by atoms with E-state index in [0.29, 0.717) is 34.6 Å². The SMILES string of the molecule is Ic1cc2c3nc4nc(nc5c6ccccc6c(nc6nc(nc([nH]3)c2c(I)c1I)-c1ccccc1-6)n5I)-c1ccccc1-4. The molecule has 0 atom stereocenters. The zero-order chi connectivity index (χ0) is 29.7. The molecule has 0 aliphatic carbocycles. The van der Waals surface area contributed by atoms with Gasteiger partial charge in [0.25, 0.3) is 0 Å². The molecule has 7 aromatic rings. The number of nitrogens with one attached hydrogen (secondary N) is 1. The van der Waals surface area contributed by atoms with E-state index >= 15 is 0 Å². The number of nitrogens with zero attached hydrogens (tertiary/aromatic N) is 7. The van der Waals surface area contributed by atoms with Gasteiger partial charge in [-0.3, -0.25) is 0 Å². The molecule has 0 radical (unpaired) electrons. The molecule has 0 fully saturated rings. The number of benzene rings is 4. The van der Waals surface area contributed by atoms with Gasteiger partial charge in [0, 0.05) is 54.5 Å². The minimum absolute atomic E-state index is 0.602. The highest BCUT2D eigenvalue weighted by Gasteiger charge is 2.23. The van der Waals surface area contributed by atoms with E-state index < -0.39 is 0 Å². The van der Waals surface area contributed by atoms with Crippen LogP contribution in [0.3, 0.4) is 0 Å². The third-order valence-electron chi connectivity index (χ3n) is 7.77. The molecule has 0 amide bonds. The van der Waals surface area contributed by atoms with Crippen LogP contribution in [0, 0.1) is 10.7 Å². The Morgan fingerprint density at radius 2 is 0.955 bits per heavy atom. The first kappa shape index (κ1) is 27.5. The molecule has 12 heteroatoms. The van der Waals surface area contributed by atoms with Crippen molar-refractivity contribution in [3.63, 3.8) is 0 Å². The summed E-state index contributed by atoms with van der Waals surface area (Å²) in [6.07, 6.45) is 0. The summed E-state index contributed by atoms with van der Waals surface area (Å²) in [7, 11) is 0. The first-order valence-corrected chi connectivity index (χ1v) is 17.6. The summed E-state index contributed by atoms with van der Waals surface area (Å²) >= 11 is 9.47. The van der Waals surface area contributed by atoms with E-state index in [1.807, 2.05) is 63.4 Å². The van der Waals surface area contributed by atoms with Gasteiger partial charge in [-0.05, 0) is 73.8 Å². The van der Waals surface area contributed by atoms with Crippen molar-refractivity contribution in [1.82, 2.24) is 37.7 Å².